The molecule has 90 valence electrons. The molecule has 6 nitrogen and oxygen atoms in total. The van der Waals surface area contributed by atoms with Crippen molar-refractivity contribution in [3.63, 3.8) is 0 Å². The molecule has 6 heteroatoms. The van der Waals surface area contributed by atoms with Crippen LogP contribution in [0.25, 0.3) is 11.6 Å². The second kappa shape index (κ2) is 4.94. The molecule has 0 aromatic carbocycles. The largest absolute Gasteiger partial charge is 0.461 e. The van der Waals surface area contributed by atoms with Crippen molar-refractivity contribution in [3.05, 3.63) is 29.7 Å². The number of nitrogens with one attached hydrogen (secondary N) is 1. The van der Waals surface area contributed by atoms with Crippen molar-refractivity contribution in [2.24, 2.45) is 5.84 Å². The van der Waals surface area contributed by atoms with Crippen LogP contribution < -0.4 is 11.3 Å². The first-order valence-corrected chi connectivity index (χ1v) is 5.12. The summed E-state index contributed by atoms with van der Waals surface area (Å²) in [4.78, 5) is 8.59. The number of rotatable bonds is 4. The lowest BCUT2D eigenvalue weighted by Crippen LogP contribution is -2.10. The van der Waals surface area contributed by atoms with E-state index in [1.165, 1.54) is 0 Å². The number of hydrazine groups is 1. The van der Waals surface area contributed by atoms with Crippen molar-refractivity contribution in [3.8, 4) is 11.6 Å². The van der Waals surface area contributed by atoms with E-state index in [-0.39, 0.29) is 0 Å². The summed E-state index contributed by atoms with van der Waals surface area (Å²) in [7, 11) is 1.61. The number of nitrogens with two attached hydrogens (primary N) is 1. The van der Waals surface area contributed by atoms with Crippen molar-refractivity contribution in [1.29, 1.82) is 0 Å². The lowest BCUT2D eigenvalue weighted by Gasteiger charge is -2.06. The highest BCUT2D eigenvalue weighted by molar-refractivity contribution is 5.55. The zero-order valence-corrected chi connectivity index (χ0v) is 9.73. The van der Waals surface area contributed by atoms with Crippen molar-refractivity contribution >= 4 is 5.82 Å². The molecule has 0 fully saturated rings. The van der Waals surface area contributed by atoms with Crippen LogP contribution >= 0.6 is 0 Å². The fraction of sp³-hybridized carbons (Fsp3) is 0.273. The van der Waals surface area contributed by atoms with Crippen molar-refractivity contribution in [2.75, 3.05) is 12.5 Å². The van der Waals surface area contributed by atoms with Crippen LogP contribution in [0.5, 0.6) is 0 Å². The predicted molar refractivity (Wildman–Crippen MR) is 63.0 cm³/mol. The molecule has 0 aliphatic carbocycles. The Balaban J connectivity index is 2.46. The molecule has 17 heavy (non-hydrogen) atoms. The van der Waals surface area contributed by atoms with Gasteiger partial charge in [-0.1, -0.05) is 0 Å². The summed E-state index contributed by atoms with van der Waals surface area (Å²) in [5.74, 6) is 7.02. The van der Waals surface area contributed by atoms with Gasteiger partial charge in [-0.25, -0.2) is 15.8 Å². The van der Waals surface area contributed by atoms with E-state index in [0.29, 0.717) is 24.0 Å². The summed E-state index contributed by atoms with van der Waals surface area (Å²) < 4.78 is 10.4. The summed E-state index contributed by atoms with van der Waals surface area (Å²) in [6.07, 6.45) is 1.60. The third-order valence-corrected chi connectivity index (χ3v) is 2.28. The Morgan fingerprint density at radius 1 is 1.47 bits per heavy atom. The summed E-state index contributed by atoms with van der Waals surface area (Å²) in [6.45, 7) is 2.32. The maximum atomic E-state index is 5.36. The van der Waals surface area contributed by atoms with E-state index in [0.717, 1.165) is 11.3 Å². The highest BCUT2D eigenvalue weighted by atomic mass is 16.5. The minimum absolute atomic E-state index is 0.393. The molecule has 0 saturated heterocycles. The van der Waals surface area contributed by atoms with Gasteiger partial charge < -0.3 is 14.6 Å². The van der Waals surface area contributed by atoms with Crippen LogP contribution in [-0.2, 0) is 11.3 Å². The molecule has 0 amide bonds. The number of ether oxygens (including phenoxy) is 1. The lowest BCUT2D eigenvalue weighted by molar-refractivity contribution is 0.181. The molecule has 0 atom stereocenters. The van der Waals surface area contributed by atoms with Gasteiger partial charge >= 0.3 is 0 Å². The number of methoxy groups -OCH3 is 1. The normalized spacial score (nSPS) is 10.5. The van der Waals surface area contributed by atoms with E-state index >= 15 is 0 Å². The fourth-order valence-electron chi connectivity index (χ4n) is 1.50. The van der Waals surface area contributed by atoms with Crippen molar-refractivity contribution in [2.45, 2.75) is 13.5 Å². The van der Waals surface area contributed by atoms with Crippen molar-refractivity contribution in [1.82, 2.24) is 9.97 Å². The van der Waals surface area contributed by atoms with Crippen LogP contribution in [0.1, 0.15) is 11.3 Å². The molecule has 2 aromatic heterocycles. The Labute approximate surface area is 98.8 Å². The Kier molecular flexibility index (Phi) is 3.36. The number of hydrogen-bond acceptors (Lipinski definition) is 6. The van der Waals surface area contributed by atoms with Crippen LogP contribution in [0.2, 0.25) is 0 Å². The molecule has 0 aliphatic heterocycles. The molecule has 2 aromatic rings. The predicted octanol–water partition coefficient (Wildman–Crippen LogP) is 1.48. The van der Waals surface area contributed by atoms with Crippen molar-refractivity contribution < 1.29 is 9.15 Å². The molecule has 2 rings (SSSR count). The molecular weight excluding hydrogens is 220 g/mol. The topological polar surface area (TPSA) is 86.2 Å². The molecular formula is C11H14N4O2. The summed E-state index contributed by atoms with van der Waals surface area (Å²) in [6, 6.07) is 3.59. The van der Waals surface area contributed by atoms with Gasteiger partial charge in [0.05, 0.1) is 18.6 Å². The number of nitrogen functional groups attached to an aromatic ring is 1. The highest BCUT2D eigenvalue weighted by Crippen LogP contribution is 2.22. The molecule has 3 N–H and O–H groups in total. The van der Waals surface area contributed by atoms with Crippen LogP contribution in [0.15, 0.2) is 22.8 Å². The van der Waals surface area contributed by atoms with Gasteiger partial charge in [0.1, 0.15) is 5.82 Å². The molecule has 0 radical (unpaired) electrons. The Morgan fingerprint density at radius 2 is 2.29 bits per heavy atom. The van der Waals surface area contributed by atoms with Gasteiger partial charge in [0.15, 0.2) is 11.6 Å². The molecule has 0 bridgehead atoms. The number of aromatic nitrogens is 2. The first-order valence-electron chi connectivity index (χ1n) is 5.12. The van der Waals surface area contributed by atoms with Gasteiger partial charge in [-0.05, 0) is 18.6 Å². The van der Waals surface area contributed by atoms with E-state index < -0.39 is 0 Å². The summed E-state index contributed by atoms with van der Waals surface area (Å²) >= 11 is 0. The fourth-order valence-corrected chi connectivity index (χ4v) is 1.50. The van der Waals surface area contributed by atoms with Crippen LogP contribution in [-0.4, -0.2) is 17.1 Å². The summed E-state index contributed by atoms with van der Waals surface area (Å²) in [5, 5.41) is 0. The molecule has 0 aliphatic rings. The van der Waals surface area contributed by atoms with Crippen LogP contribution in [0, 0.1) is 6.92 Å². The monoisotopic (exact) mass is 234 g/mol. The van der Waals surface area contributed by atoms with Gasteiger partial charge in [-0.15, -0.1) is 0 Å². The Bertz CT molecular complexity index is 510. The maximum absolute atomic E-state index is 5.36. The van der Waals surface area contributed by atoms with Gasteiger partial charge in [0, 0.05) is 13.2 Å². The van der Waals surface area contributed by atoms with Crippen LogP contribution in [0.4, 0.5) is 5.82 Å². The minimum Gasteiger partial charge on any atom is -0.461 e. The number of hydrogen-bond donors (Lipinski definition) is 2. The first kappa shape index (κ1) is 11.6. The van der Waals surface area contributed by atoms with Crippen LogP contribution in [0.3, 0.4) is 0 Å². The number of nitrogens with zero attached hydrogens (tertiary/aromatic N) is 2. The third kappa shape index (κ3) is 2.43. The van der Waals surface area contributed by atoms with Gasteiger partial charge in [0.2, 0.25) is 0 Å². The van der Waals surface area contributed by atoms with E-state index in [1.54, 1.807) is 19.4 Å². The number of furan rings is 1. The van der Waals surface area contributed by atoms with Gasteiger partial charge in [0.25, 0.3) is 0 Å². The first-order chi connectivity index (χ1) is 8.24. The Morgan fingerprint density at radius 3 is 2.88 bits per heavy atom. The number of aryl methyl sites for hydroxylation is 1. The second-order valence-electron chi connectivity index (χ2n) is 3.58. The zero-order valence-electron chi connectivity index (χ0n) is 9.73. The maximum Gasteiger partial charge on any atom is 0.198 e. The Hall–Kier alpha value is -1.92. The second-order valence-corrected chi connectivity index (χ2v) is 3.58. The smallest absolute Gasteiger partial charge is 0.198 e. The highest BCUT2D eigenvalue weighted by Gasteiger charge is 2.11. The zero-order chi connectivity index (χ0) is 12.3. The quantitative estimate of drug-likeness (QED) is 0.615. The third-order valence-electron chi connectivity index (χ3n) is 2.28. The van der Waals surface area contributed by atoms with E-state index in [4.69, 9.17) is 15.0 Å². The van der Waals surface area contributed by atoms with Gasteiger partial charge in [-0.3, -0.25) is 0 Å². The summed E-state index contributed by atoms with van der Waals surface area (Å²) in [5.41, 5.74) is 4.21. The van der Waals surface area contributed by atoms with Gasteiger partial charge in [-0.2, -0.15) is 0 Å². The van der Waals surface area contributed by atoms with E-state index in [9.17, 15) is 0 Å². The number of anilines is 1. The molecule has 0 spiro atoms. The van der Waals surface area contributed by atoms with E-state index in [2.05, 4.69) is 15.4 Å². The average molecular weight is 234 g/mol. The molecule has 0 saturated carbocycles. The minimum atomic E-state index is 0.393. The molecule has 0 unspecified atom stereocenters. The lowest BCUT2D eigenvalue weighted by atomic mass is 10.2. The molecule has 2 heterocycles. The van der Waals surface area contributed by atoms with E-state index in [1.807, 2.05) is 13.0 Å². The average Bonchev–Trinajstić information content (AvgIpc) is 2.75. The SMILES string of the molecule is COCc1cc(NN)nc(-c2occc2C)n1. The standard InChI is InChI=1S/C11H14N4O2/c1-7-3-4-17-10(7)11-13-8(6-16-2)5-9(14-11)15-12/h3-5H,6,12H2,1-2H3,(H,13,14,15).